The van der Waals surface area contributed by atoms with Gasteiger partial charge < -0.3 is 14.6 Å². The number of piperazine rings is 1. The van der Waals surface area contributed by atoms with Gasteiger partial charge in [-0.3, -0.25) is 4.90 Å². The second-order valence-corrected chi connectivity index (χ2v) is 9.00. The Morgan fingerprint density at radius 1 is 1.07 bits per heavy atom. The Kier molecular flexibility index (Phi) is 4.92. The third-order valence-electron chi connectivity index (χ3n) is 6.61. The summed E-state index contributed by atoms with van der Waals surface area (Å²) in [5.74, 6) is 0.344. The van der Waals surface area contributed by atoms with Crippen molar-refractivity contribution >= 4 is 28.1 Å². The zero-order valence-electron chi connectivity index (χ0n) is 16.9. The van der Waals surface area contributed by atoms with Crippen molar-refractivity contribution in [3.63, 3.8) is 0 Å². The Bertz CT molecular complexity index is 1030. The van der Waals surface area contributed by atoms with Gasteiger partial charge in [0.1, 0.15) is 0 Å². The molecular formula is C24H28ClN3O. The van der Waals surface area contributed by atoms with Crippen molar-refractivity contribution in [2.24, 2.45) is 0 Å². The molecule has 5 heteroatoms. The number of hydrogen-bond donors (Lipinski definition) is 1. The predicted molar refractivity (Wildman–Crippen MR) is 120 cm³/mol. The zero-order chi connectivity index (χ0) is 20.0. The van der Waals surface area contributed by atoms with Crippen molar-refractivity contribution in [3.05, 3.63) is 58.7 Å². The number of benzene rings is 2. The predicted octanol–water partition coefficient (Wildman–Crippen LogP) is 5.03. The van der Waals surface area contributed by atoms with E-state index in [0.717, 1.165) is 46.6 Å². The van der Waals surface area contributed by atoms with Gasteiger partial charge in [-0.05, 0) is 61.7 Å². The highest BCUT2D eigenvalue weighted by Crippen LogP contribution is 2.35. The van der Waals surface area contributed by atoms with Crippen LogP contribution in [0.2, 0.25) is 5.02 Å². The lowest BCUT2D eigenvalue weighted by molar-refractivity contribution is 0.133. The fourth-order valence-electron chi connectivity index (χ4n) is 5.05. The number of fused-ring (bicyclic) bond motifs is 2. The van der Waals surface area contributed by atoms with Crippen LogP contribution in [-0.2, 0) is 6.54 Å². The molecule has 2 fully saturated rings. The number of anilines is 1. The van der Waals surface area contributed by atoms with Gasteiger partial charge in [-0.2, -0.15) is 0 Å². The Balaban J connectivity index is 1.44. The summed E-state index contributed by atoms with van der Waals surface area (Å²) in [6.07, 6.45) is 6.10. The summed E-state index contributed by atoms with van der Waals surface area (Å²) in [4.78, 5) is 5.20. The number of rotatable bonds is 3. The van der Waals surface area contributed by atoms with Crippen LogP contribution in [0.5, 0.6) is 5.88 Å². The smallest absolute Gasteiger partial charge is 0.199 e. The lowest BCUT2D eigenvalue weighted by atomic mass is 9.98. The van der Waals surface area contributed by atoms with Crippen LogP contribution in [0.4, 0.5) is 5.69 Å². The fourth-order valence-corrected chi connectivity index (χ4v) is 5.18. The van der Waals surface area contributed by atoms with Crippen LogP contribution in [0.1, 0.15) is 30.4 Å². The van der Waals surface area contributed by atoms with E-state index < -0.39 is 0 Å². The second-order valence-electron chi connectivity index (χ2n) is 8.57. The molecule has 2 aliphatic heterocycles. The molecule has 1 aromatic heterocycles. The summed E-state index contributed by atoms with van der Waals surface area (Å²) in [5.41, 5.74) is 3.54. The van der Waals surface area contributed by atoms with E-state index in [0.29, 0.717) is 18.5 Å². The maximum Gasteiger partial charge on any atom is 0.199 e. The second kappa shape index (κ2) is 7.58. The number of hydrogen-bond acceptors (Lipinski definition) is 3. The van der Waals surface area contributed by atoms with E-state index in [2.05, 4.69) is 35.1 Å². The number of halogens is 1. The van der Waals surface area contributed by atoms with Crippen LogP contribution in [0.25, 0.3) is 10.8 Å². The van der Waals surface area contributed by atoms with E-state index in [4.69, 9.17) is 11.6 Å². The number of aromatic hydroxyl groups is 1. The summed E-state index contributed by atoms with van der Waals surface area (Å²) in [6.45, 7) is 7.35. The van der Waals surface area contributed by atoms with Gasteiger partial charge in [0.15, 0.2) is 5.88 Å². The molecule has 1 N–H and O–H groups in total. The van der Waals surface area contributed by atoms with Gasteiger partial charge in [-0.15, -0.1) is 0 Å². The van der Waals surface area contributed by atoms with Crippen LogP contribution in [0.3, 0.4) is 0 Å². The third-order valence-corrected chi connectivity index (χ3v) is 6.86. The zero-order valence-corrected chi connectivity index (χ0v) is 17.7. The molecule has 0 spiro atoms. The highest BCUT2D eigenvalue weighted by Gasteiger charge is 2.29. The molecule has 5 rings (SSSR count). The van der Waals surface area contributed by atoms with Crippen molar-refractivity contribution in [1.82, 2.24) is 9.47 Å². The summed E-state index contributed by atoms with van der Waals surface area (Å²) >= 11 is 6.00. The Hall–Kier alpha value is -2.17. The van der Waals surface area contributed by atoms with Crippen molar-refractivity contribution in [2.75, 3.05) is 31.1 Å². The SMILES string of the molecule is Cc1cc(N2CCN3CCCCC3C2)cc2cn(Cc3ccc(Cl)cc3)c(O)c12. The molecule has 1 atom stereocenters. The molecule has 3 aromatic rings. The van der Waals surface area contributed by atoms with Gasteiger partial charge in [-0.25, -0.2) is 0 Å². The highest BCUT2D eigenvalue weighted by molar-refractivity contribution is 6.30. The highest BCUT2D eigenvalue weighted by atomic mass is 35.5. The van der Waals surface area contributed by atoms with Crippen LogP contribution in [-0.4, -0.2) is 46.8 Å². The lowest BCUT2D eigenvalue weighted by Crippen LogP contribution is -2.54. The first kappa shape index (κ1) is 18.8. The van der Waals surface area contributed by atoms with Gasteiger partial charge in [0.25, 0.3) is 0 Å². The van der Waals surface area contributed by atoms with Crippen LogP contribution < -0.4 is 4.90 Å². The van der Waals surface area contributed by atoms with Crippen molar-refractivity contribution in [1.29, 1.82) is 0 Å². The Morgan fingerprint density at radius 2 is 1.90 bits per heavy atom. The maximum absolute atomic E-state index is 10.9. The molecule has 0 saturated carbocycles. The minimum absolute atomic E-state index is 0.344. The van der Waals surface area contributed by atoms with E-state index in [9.17, 15) is 5.11 Å². The molecule has 2 aromatic carbocycles. The topological polar surface area (TPSA) is 31.6 Å². The summed E-state index contributed by atoms with van der Waals surface area (Å²) < 4.78 is 1.93. The third kappa shape index (κ3) is 3.60. The van der Waals surface area contributed by atoms with E-state index in [-0.39, 0.29) is 0 Å². The maximum atomic E-state index is 10.9. The summed E-state index contributed by atoms with van der Waals surface area (Å²) in [7, 11) is 0. The average molecular weight is 410 g/mol. The molecule has 3 heterocycles. The van der Waals surface area contributed by atoms with Crippen molar-refractivity contribution < 1.29 is 5.11 Å². The quantitative estimate of drug-likeness (QED) is 0.658. The molecule has 2 aliphatic rings. The molecule has 152 valence electrons. The van der Waals surface area contributed by atoms with Crippen LogP contribution in [0, 0.1) is 6.92 Å². The minimum atomic E-state index is 0.344. The number of nitrogens with zero attached hydrogens (tertiary/aromatic N) is 3. The van der Waals surface area contributed by atoms with Crippen molar-refractivity contribution in [3.8, 4) is 5.88 Å². The largest absolute Gasteiger partial charge is 0.494 e. The van der Waals surface area contributed by atoms with Gasteiger partial charge in [0.05, 0.1) is 6.54 Å². The molecule has 0 bridgehead atoms. The monoisotopic (exact) mass is 409 g/mol. The molecule has 0 amide bonds. The normalized spacial score (nSPS) is 20.2. The number of aryl methyl sites for hydroxylation is 1. The van der Waals surface area contributed by atoms with E-state index in [1.807, 2.05) is 28.8 Å². The molecule has 4 nitrogen and oxygen atoms in total. The van der Waals surface area contributed by atoms with Crippen molar-refractivity contribution in [2.45, 2.75) is 38.8 Å². The first-order chi connectivity index (χ1) is 14.1. The van der Waals surface area contributed by atoms with Gasteiger partial charge in [0.2, 0.25) is 0 Å². The van der Waals surface area contributed by atoms with Gasteiger partial charge in [0, 0.05) is 53.4 Å². The Morgan fingerprint density at radius 3 is 2.72 bits per heavy atom. The van der Waals surface area contributed by atoms with Gasteiger partial charge in [-0.1, -0.05) is 30.2 Å². The molecule has 2 saturated heterocycles. The van der Waals surface area contributed by atoms with Gasteiger partial charge >= 0.3 is 0 Å². The molecule has 1 unspecified atom stereocenters. The standard InChI is InChI=1S/C24H28ClN3O/c1-17-12-22(27-11-10-26-9-3-2-4-21(26)16-27)13-19-15-28(24(29)23(17)19)14-18-5-7-20(25)8-6-18/h5-8,12-13,15,21,29H,2-4,9-11,14,16H2,1H3. The minimum Gasteiger partial charge on any atom is -0.494 e. The summed E-state index contributed by atoms with van der Waals surface area (Å²) in [6, 6.07) is 13.0. The molecule has 29 heavy (non-hydrogen) atoms. The number of aromatic nitrogens is 1. The lowest BCUT2D eigenvalue weighted by Gasteiger charge is -2.45. The van der Waals surface area contributed by atoms with Crippen LogP contribution in [0.15, 0.2) is 42.6 Å². The van der Waals surface area contributed by atoms with E-state index in [1.165, 1.54) is 31.5 Å². The van der Waals surface area contributed by atoms with E-state index >= 15 is 0 Å². The molecule has 0 aliphatic carbocycles. The molecule has 0 radical (unpaired) electrons. The average Bonchev–Trinajstić information content (AvgIpc) is 3.05. The number of piperidine rings is 1. The van der Waals surface area contributed by atoms with Crippen LogP contribution >= 0.6 is 11.6 Å². The molecular weight excluding hydrogens is 382 g/mol. The fraction of sp³-hybridized carbons (Fsp3) is 0.417. The summed E-state index contributed by atoms with van der Waals surface area (Å²) in [5, 5.41) is 13.7. The first-order valence-electron chi connectivity index (χ1n) is 10.6. The van der Waals surface area contributed by atoms with E-state index in [1.54, 1.807) is 0 Å². The first-order valence-corrected chi connectivity index (χ1v) is 11.0. The Labute approximate surface area is 177 Å².